The van der Waals surface area contributed by atoms with E-state index >= 15 is 0 Å². The van der Waals surface area contributed by atoms with Gasteiger partial charge in [0.1, 0.15) is 5.78 Å². The lowest BCUT2D eigenvalue weighted by atomic mass is 9.42. The molecule has 8 atom stereocenters. The van der Waals surface area contributed by atoms with Gasteiger partial charge < -0.3 is 14.9 Å². The molecule has 0 saturated heterocycles. The Kier molecular flexibility index (Phi) is 7.42. The summed E-state index contributed by atoms with van der Waals surface area (Å²) in [5, 5.41) is 20.1. The number of carboxylic acid groups (broad SMARTS) is 1. The summed E-state index contributed by atoms with van der Waals surface area (Å²) < 4.78 is 5.77. The van der Waals surface area contributed by atoms with Gasteiger partial charge in [0, 0.05) is 48.2 Å². The van der Waals surface area contributed by atoms with E-state index in [0.29, 0.717) is 18.4 Å². The lowest BCUT2D eigenvalue weighted by Gasteiger charge is -2.60. The fourth-order valence-electron chi connectivity index (χ4n) is 8.76. The van der Waals surface area contributed by atoms with E-state index in [1.807, 2.05) is 20.8 Å². The average Bonchev–Trinajstić information content (AvgIpc) is 3.07. The molecule has 9 heteroatoms. The second-order valence-corrected chi connectivity index (χ2v) is 14.0. The van der Waals surface area contributed by atoms with Gasteiger partial charge in [-0.2, -0.15) is 0 Å². The molecule has 0 radical (unpaired) electrons. The number of carbonyl (C=O) groups is 6. The van der Waals surface area contributed by atoms with Crippen LogP contribution in [0.25, 0.3) is 0 Å². The minimum absolute atomic E-state index is 0.0729. The van der Waals surface area contributed by atoms with Crippen LogP contribution in [0, 0.1) is 39.4 Å². The van der Waals surface area contributed by atoms with Gasteiger partial charge in [-0.25, -0.2) is 0 Å². The zero-order valence-corrected chi connectivity index (χ0v) is 25.3. The first-order chi connectivity index (χ1) is 18.8. The maximum atomic E-state index is 14.6. The van der Waals surface area contributed by atoms with Crippen LogP contribution in [-0.2, 0) is 33.5 Å². The van der Waals surface area contributed by atoms with E-state index in [4.69, 9.17) is 4.74 Å². The van der Waals surface area contributed by atoms with Crippen molar-refractivity contribution in [2.75, 3.05) is 0 Å². The van der Waals surface area contributed by atoms with Crippen LogP contribution in [0.3, 0.4) is 0 Å². The van der Waals surface area contributed by atoms with E-state index in [1.54, 1.807) is 20.8 Å². The zero-order valence-electron chi connectivity index (χ0n) is 25.3. The van der Waals surface area contributed by atoms with Gasteiger partial charge in [0.05, 0.1) is 17.4 Å². The number of carboxylic acids is 1. The lowest BCUT2D eigenvalue weighted by molar-refractivity contribution is -0.173. The van der Waals surface area contributed by atoms with Crippen molar-refractivity contribution in [2.24, 2.45) is 39.4 Å². The van der Waals surface area contributed by atoms with E-state index in [0.717, 1.165) is 0 Å². The Hall–Kier alpha value is -2.94. The average molecular weight is 571 g/mol. The number of aliphatic hydroxyl groups is 1. The van der Waals surface area contributed by atoms with Crippen molar-refractivity contribution < 1.29 is 43.7 Å². The predicted octanol–water partition coefficient (Wildman–Crippen LogP) is 3.80. The van der Waals surface area contributed by atoms with Gasteiger partial charge in [-0.3, -0.25) is 28.8 Å². The van der Waals surface area contributed by atoms with E-state index < -0.39 is 69.2 Å². The molecule has 0 amide bonds. The Balaban J connectivity index is 1.94. The second-order valence-electron chi connectivity index (χ2n) is 14.0. The van der Waals surface area contributed by atoms with Crippen molar-refractivity contribution in [1.29, 1.82) is 0 Å². The third-order valence-corrected chi connectivity index (χ3v) is 11.4. The van der Waals surface area contributed by atoms with Crippen molar-refractivity contribution in [3.63, 3.8) is 0 Å². The maximum absolute atomic E-state index is 14.6. The molecule has 2 fully saturated rings. The minimum Gasteiger partial charge on any atom is -0.481 e. The Morgan fingerprint density at radius 1 is 1.02 bits per heavy atom. The topological polar surface area (TPSA) is 152 Å². The molecule has 0 heterocycles. The molecular weight excluding hydrogens is 528 g/mol. The molecular formula is C32H42O9. The third kappa shape index (κ3) is 4.21. The standard InChI is InChI=1S/C32H42O9/c1-15(11-18(34)12-16(2)28(39)40)19-13-23(37)32(8)24-20(35)14-21-29(4,5)22(36)9-10-30(21,6)25(24)26(38)27(31(19,32)7)41-17(3)33/h11,16,19,21-22,27,36H,9-10,12-14H2,1-8H3,(H,39,40)/t16?,19-,21?,22+,27-,30+,31+,32+/m1/s1. The van der Waals surface area contributed by atoms with Crippen LogP contribution in [0.5, 0.6) is 0 Å². The van der Waals surface area contributed by atoms with Crippen molar-refractivity contribution in [1.82, 2.24) is 0 Å². The molecule has 0 bridgehead atoms. The van der Waals surface area contributed by atoms with Crippen molar-refractivity contribution in [3.8, 4) is 0 Å². The molecule has 9 nitrogen and oxygen atoms in total. The molecule has 4 aliphatic rings. The summed E-state index contributed by atoms with van der Waals surface area (Å²) in [6, 6.07) is 0. The number of allylic oxidation sites excluding steroid dienone is 3. The van der Waals surface area contributed by atoms with Crippen LogP contribution in [0.1, 0.15) is 87.5 Å². The van der Waals surface area contributed by atoms with E-state index in [9.17, 15) is 39.0 Å². The smallest absolute Gasteiger partial charge is 0.306 e. The molecule has 0 aromatic heterocycles. The number of fused-ring (bicyclic) bond motifs is 4. The summed E-state index contributed by atoms with van der Waals surface area (Å²) in [4.78, 5) is 79.3. The van der Waals surface area contributed by atoms with Gasteiger partial charge in [0.15, 0.2) is 17.7 Å². The highest BCUT2D eigenvalue weighted by Gasteiger charge is 2.74. The molecule has 2 saturated carbocycles. The van der Waals surface area contributed by atoms with E-state index in [1.165, 1.54) is 19.9 Å². The van der Waals surface area contributed by atoms with Gasteiger partial charge >= 0.3 is 11.9 Å². The number of aliphatic carboxylic acids is 1. The zero-order chi connectivity index (χ0) is 31.0. The number of hydrogen-bond acceptors (Lipinski definition) is 8. The summed E-state index contributed by atoms with van der Waals surface area (Å²) in [7, 11) is 0. The molecule has 0 spiro atoms. The number of Topliss-reactive ketones (excluding diaryl/α,β-unsaturated/α-hetero) is 3. The van der Waals surface area contributed by atoms with Gasteiger partial charge in [-0.15, -0.1) is 0 Å². The molecule has 4 aliphatic carbocycles. The van der Waals surface area contributed by atoms with Gasteiger partial charge in [0.25, 0.3) is 0 Å². The first-order valence-electron chi connectivity index (χ1n) is 14.4. The van der Waals surface area contributed by atoms with Crippen LogP contribution in [0.2, 0.25) is 0 Å². The highest BCUT2D eigenvalue weighted by Crippen LogP contribution is 2.70. The summed E-state index contributed by atoms with van der Waals surface area (Å²) in [6.07, 6.45) is -0.0972. The Morgan fingerprint density at radius 3 is 2.20 bits per heavy atom. The first-order valence-corrected chi connectivity index (χ1v) is 14.4. The second kappa shape index (κ2) is 9.82. The largest absolute Gasteiger partial charge is 0.481 e. The summed E-state index contributed by atoms with van der Waals surface area (Å²) >= 11 is 0. The molecule has 2 unspecified atom stereocenters. The fraction of sp³-hybridized carbons (Fsp3) is 0.688. The Labute approximate surface area is 240 Å². The molecule has 41 heavy (non-hydrogen) atoms. The first kappa shape index (κ1) is 31.0. The van der Waals surface area contributed by atoms with Gasteiger partial charge in [-0.1, -0.05) is 40.2 Å². The molecule has 0 aliphatic heterocycles. The fourth-order valence-corrected chi connectivity index (χ4v) is 8.76. The van der Waals surface area contributed by atoms with Crippen LogP contribution >= 0.6 is 0 Å². The maximum Gasteiger partial charge on any atom is 0.306 e. The summed E-state index contributed by atoms with van der Waals surface area (Å²) in [5.41, 5.74) is -3.44. The minimum atomic E-state index is -1.47. The number of ketones is 4. The number of rotatable bonds is 6. The highest BCUT2D eigenvalue weighted by atomic mass is 16.5. The Morgan fingerprint density at radius 2 is 1.63 bits per heavy atom. The quantitative estimate of drug-likeness (QED) is 0.359. The molecule has 0 aromatic carbocycles. The van der Waals surface area contributed by atoms with Crippen LogP contribution in [0.4, 0.5) is 0 Å². The normalized spacial score (nSPS) is 39.0. The van der Waals surface area contributed by atoms with Gasteiger partial charge in [-0.05, 0) is 50.0 Å². The van der Waals surface area contributed by atoms with Crippen LogP contribution in [0.15, 0.2) is 22.8 Å². The highest BCUT2D eigenvalue weighted by molar-refractivity contribution is 6.18. The third-order valence-electron chi connectivity index (χ3n) is 11.4. The number of ether oxygens (including phenoxy) is 1. The van der Waals surface area contributed by atoms with E-state index in [2.05, 4.69) is 0 Å². The van der Waals surface area contributed by atoms with Crippen molar-refractivity contribution >= 4 is 35.1 Å². The van der Waals surface area contributed by atoms with Crippen molar-refractivity contribution in [2.45, 2.75) is 99.7 Å². The molecule has 4 rings (SSSR count). The van der Waals surface area contributed by atoms with Crippen LogP contribution < -0.4 is 0 Å². The number of esters is 1. The van der Waals surface area contributed by atoms with E-state index in [-0.39, 0.29) is 47.9 Å². The lowest BCUT2D eigenvalue weighted by Crippen LogP contribution is -2.64. The monoisotopic (exact) mass is 570 g/mol. The predicted molar refractivity (Wildman–Crippen MR) is 147 cm³/mol. The van der Waals surface area contributed by atoms with Crippen LogP contribution in [-0.4, -0.2) is 57.5 Å². The number of aliphatic hydroxyl groups excluding tert-OH is 1. The SMILES string of the molecule is CC(=O)O[C@@H]1C(=O)C2=C(C(=O)CC3C(C)(C)[C@@H](O)CC[C@]23C)[C@]2(C)C(=O)C[C@H](C(C)=CC(=O)CC(C)C(=O)O)[C@@]12C. The summed E-state index contributed by atoms with van der Waals surface area (Å²) in [5.74, 6) is -5.29. The molecule has 2 N–H and O–H groups in total. The summed E-state index contributed by atoms with van der Waals surface area (Å²) in [6.45, 7) is 13.4. The molecule has 0 aromatic rings. The molecule has 224 valence electrons. The number of hydrogen-bond donors (Lipinski definition) is 2. The Bertz CT molecular complexity index is 1320. The van der Waals surface area contributed by atoms with Gasteiger partial charge in [0.2, 0.25) is 5.78 Å². The van der Waals surface area contributed by atoms with Crippen molar-refractivity contribution in [3.05, 3.63) is 22.8 Å². The number of carbonyl (C=O) groups excluding carboxylic acids is 5.